The van der Waals surface area contributed by atoms with E-state index in [-0.39, 0.29) is 0 Å². The third-order valence-corrected chi connectivity index (χ3v) is 5.04. The molecule has 2 aromatic rings. The maximum atomic E-state index is 4.26. The zero-order valence-corrected chi connectivity index (χ0v) is 13.5. The number of benzene rings is 1. The molecule has 1 aromatic heterocycles. The van der Waals surface area contributed by atoms with E-state index in [4.69, 9.17) is 0 Å². The van der Waals surface area contributed by atoms with Crippen LogP contribution in [0.3, 0.4) is 0 Å². The van der Waals surface area contributed by atoms with Gasteiger partial charge in [-0.05, 0) is 67.9 Å². The summed E-state index contributed by atoms with van der Waals surface area (Å²) in [7, 11) is 0. The van der Waals surface area contributed by atoms with E-state index >= 15 is 0 Å². The molecule has 1 aromatic carbocycles. The van der Waals surface area contributed by atoms with Crippen LogP contribution in [0.2, 0.25) is 0 Å². The molecule has 0 amide bonds. The summed E-state index contributed by atoms with van der Waals surface area (Å²) in [6, 6.07) is 10.9. The Hall–Kier alpha value is -1.79. The van der Waals surface area contributed by atoms with Gasteiger partial charge >= 0.3 is 0 Å². The first-order chi connectivity index (χ1) is 11.4. The van der Waals surface area contributed by atoms with Gasteiger partial charge in [-0.15, -0.1) is 5.10 Å². The molecule has 6 heteroatoms. The number of hydrogen-bond acceptors (Lipinski definition) is 5. The lowest BCUT2D eigenvalue weighted by Gasteiger charge is -2.37. The van der Waals surface area contributed by atoms with Gasteiger partial charge < -0.3 is 0 Å². The number of para-hydroxylation sites is 1. The van der Waals surface area contributed by atoms with Crippen LogP contribution in [0.25, 0.3) is 5.69 Å². The van der Waals surface area contributed by atoms with Crippen LogP contribution in [0, 0.1) is 0 Å². The van der Waals surface area contributed by atoms with E-state index in [9.17, 15) is 0 Å². The Morgan fingerprint density at radius 1 is 1.00 bits per heavy atom. The van der Waals surface area contributed by atoms with Crippen molar-refractivity contribution in [3.8, 4) is 5.69 Å². The molecule has 2 aliphatic rings. The first kappa shape index (κ1) is 14.8. The summed E-state index contributed by atoms with van der Waals surface area (Å²) in [5.41, 5.74) is 1.03. The maximum absolute atomic E-state index is 4.26. The van der Waals surface area contributed by atoms with E-state index in [1.165, 1.54) is 38.8 Å². The molecule has 4 rings (SSSR count). The Balaban J connectivity index is 1.45. The lowest BCUT2D eigenvalue weighted by Crippen LogP contribution is -2.46. The van der Waals surface area contributed by atoms with Crippen LogP contribution in [-0.2, 0) is 6.54 Å². The molecule has 0 spiro atoms. The SMILES string of the molecule is c1ccc(-n2nnnc2CN2CCCC(N3CCCC3)C2)cc1. The van der Waals surface area contributed by atoms with Crippen molar-refractivity contribution in [2.45, 2.75) is 38.3 Å². The molecule has 2 aliphatic heterocycles. The zero-order valence-electron chi connectivity index (χ0n) is 13.5. The van der Waals surface area contributed by atoms with Gasteiger partial charge in [0.1, 0.15) is 0 Å². The molecule has 2 fully saturated rings. The Morgan fingerprint density at radius 2 is 1.83 bits per heavy atom. The molecule has 122 valence electrons. The summed E-state index contributed by atoms with van der Waals surface area (Å²) in [5.74, 6) is 0.929. The monoisotopic (exact) mass is 312 g/mol. The number of aromatic nitrogens is 4. The molecule has 1 unspecified atom stereocenters. The smallest absolute Gasteiger partial charge is 0.170 e. The molecular formula is C17H24N6. The molecule has 0 aliphatic carbocycles. The molecule has 6 nitrogen and oxygen atoms in total. The normalized spacial score (nSPS) is 23.4. The van der Waals surface area contributed by atoms with Crippen LogP contribution >= 0.6 is 0 Å². The molecule has 0 bridgehead atoms. The van der Waals surface area contributed by atoms with Crippen molar-refractivity contribution in [1.29, 1.82) is 0 Å². The Morgan fingerprint density at radius 3 is 2.65 bits per heavy atom. The van der Waals surface area contributed by atoms with Gasteiger partial charge in [0.05, 0.1) is 12.2 Å². The second-order valence-corrected chi connectivity index (χ2v) is 6.62. The van der Waals surface area contributed by atoms with E-state index in [1.807, 2.05) is 35.0 Å². The van der Waals surface area contributed by atoms with Gasteiger partial charge in [-0.3, -0.25) is 9.80 Å². The van der Waals surface area contributed by atoms with Crippen LogP contribution in [0.4, 0.5) is 0 Å². The van der Waals surface area contributed by atoms with Gasteiger partial charge in [-0.2, -0.15) is 4.68 Å². The van der Waals surface area contributed by atoms with Crippen molar-refractivity contribution in [2.75, 3.05) is 26.2 Å². The Bertz CT molecular complexity index is 619. The highest BCUT2D eigenvalue weighted by atomic mass is 15.5. The third-order valence-electron chi connectivity index (χ3n) is 5.04. The van der Waals surface area contributed by atoms with Crippen molar-refractivity contribution >= 4 is 0 Å². The molecule has 2 saturated heterocycles. The summed E-state index contributed by atoms with van der Waals surface area (Å²) in [5, 5.41) is 12.3. The summed E-state index contributed by atoms with van der Waals surface area (Å²) in [6.07, 6.45) is 5.33. The second-order valence-electron chi connectivity index (χ2n) is 6.62. The molecular weight excluding hydrogens is 288 g/mol. The molecule has 1 atom stereocenters. The number of hydrogen-bond donors (Lipinski definition) is 0. The van der Waals surface area contributed by atoms with Crippen LogP contribution in [-0.4, -0.2) is 62.2 Å². The van der Waals surface area contributed by atoms with Gasteiger partial charge in [-0.1, -0.05) is 18.2 Å². The molecule has 0 N–H and O–H groups in total. The van der Waals surface area contributed by atoms with Gasteiger partial charge in [0.2, 0.25) is 0 Å². The van der Waals surface area contributed by atoms with E-state index < -0.39 is 0 Å². The lowest BCUT2D eigenvalue weighted by atomic mass is 10.0. The number of piperidine rings is 1. The highest BCUT2D eigenvalue weighted by molar-refractivity contribution is 5.30. The summed E-state index contributed by atoms with van der Waals surface area (Å²) < 4.78 is 1.86. The van der Waals surface area contributed by atoms with E-state index in [1.54, 1.807) is 0 Å². The van der Waals surface area contributed by atoms with Crippen molar-refractivity contribution in [3.05, 3.63) is 36.2 Å². The summed E-state index contributed by atoms with van der Waals surface area (Å²) in [6.45, 7) is 5.67. The fourth-order valence-corrected chi connectivity index (χ4v) is 3.85. The number of nitrogens with zero attached hydrogens (tertiary/aromatic N) is 6. The minimum atomic E-state index is 0.715. The zero-order chi connectivity index (χ0) is 15.5. The van der Waals surface area contributed by atoms with Crippen molar-refractivity contribution in [3.63, 3.8) is 0 Å². The Kier molecular flexibility index (Phi) is 4.35. The van der Waals surface area contributed by atoms with Crippen LogP contribution < -0.4 is 0 Å². The van der Waals surface area contributed by atoms with Gasteiger partial charge in [0.25, 0.3) is 0 Å². The predicted octanol–water partition coefficient (Wildman–Crippen LogP) is 1.72. The van der Waals surface area contributed by atoms with E-state index in [2.05, 4.69) is 25.3 Å². The van der Waals surface area contributed by atoms with Crippen LogP contribution in [0.5, 0.6) is 0 Å². The molecule has 0 saturated carbocycles. The van der Waals surface area contributed by atoms with Crippen molar-refractivity contribution in [1.82, 2.24) is 30.0 Å². The van der Waals surface area contributed by atoms with E-state index in [0.29, 0.717) is 6.04 Å². The highest BCUT2D eigenvalue weighted by Gasteiger charge is 2.27. The van der Waals surface area contributed by atoms with Crippen LogP contribution in [0.15, 0.2) is 30.3 Å². The van der Waals surface area contributed by atoms with Gasteiger partial charge in [0, 0.05) is 12.6 Å². The predicted molar refractivity (Wildman–Crippen MR) is 88.3 cm³/mol. The number of tetrazole rings is 1. The quantitative estimate of drug-likeness (QED) is 0.860. The Labute approximate surface area is 137 Å². The minimum Gasteiger partial charge on any atom is -0.299 e. The standard InChI is InChI=1S/C17H24N6/c1-2-7-15(8-3-1)23-17(18-19-20-23)14-21-10-6-9-16(13-21)22-11-4-5-12-22/h1-3,7-8,16H,4-6,9-14H2. The topological polar surface area (TPSA) is 50.1 Å². The van der Waals surface area contributed by atoms with Crippen molar-refractivity contribution < 1.29 is 0 Å². The summed E-state index contributed by atoms with van der Waals surface area (Å²) in [4.78, 5) is 5.18. The van der Waals surface area contributed by atoms with Gasteiger partial charge in [0.15, 0.2) is 5.82 Å². The number of likely N-dealkylation sites (tertiary alicyclic amines) is 2. The fraction of sp³-hybridized carbons (Fsp3) is 0.588. The minimum absolute atomic E-state index is 0.715. The van der Waals surface area contributed by atoms with Crippen molar-refractivity contribution in [2.24, 2.45) is 0 Å². The van der Waals surface area contributed by atoms with E-state index in [0.717, 1.165) is 31.1 Å². The number of rotatable bonds is 4. The average Bonchev–Trinajstić information content (AvgIpc) is 3.28. The summed E-state index contributed by atoms with van der Waals surface area (Å²) >= 11 is 0. The third kappa shape index (κ3) is 3.28. The fourth-order valence-electron chi connectivity index (χ4n) is 3.85. The molecule has 0 radical (unpaired) electrons. The largest absolute Gasteiger partial charge is 0.299 e. The maximum Gasteiger partial charge on any atom is 0.170 e. The highest BCUT2D eigenvalue weighted by Crippen LogP contribution is 2.21. The van der Waals surface area contributed by atoms with Gasteiger partial charge in [-0.25, -0.2) is 0 Å². The first-order valence-corrected chi connectivity index (χ1v) is 8.69. The van der Waals surface area contributed by atoms with Crippen LogP contribution in [0.1, 0.15) is 31.5 Å². The first-order valence-electron chi connectivity index (χ1n) is 8.69. The second kappa shape index (κ2) is 6.76. The average molecular weight is 312 g/mol. The molecule has 23 heavy (non-hydrogen) atoms. The lowest BCUT2D eigenvalue weighted by molar-refractivity contribution is 0.108. The molecule has 3 heterocycles.